The Hall–Kier alpha value is -5.92. The molecule has 6 aromatic rings. The highest BCUT2D eigenvalue weighted by molar-refractivity contribution is 6.06. The van der Waals surface area contributed by atoms with Gasteiger partial charge >= 0.3 is 12.4 Å². The van der Waals surface area contributed by atoms with E-state index in [0.717, 1.165) is 71.6 Å². The Morgan fingerprint density at radius 2 is 1.27 bits per heavy atom. The SMILES string of the molecule is O=C(c1ccc(Cc2ccc(C(F)(F)F)cc2)c(F)c1F)C1C(c2cn(Cc3ccc(C(F)(F)F)cc3)c3ccccc23)CCN1C(=O)c1cccc(F)c1F. The Morgan fingerprint density at radius 3 is 1.91 bits per heavy atom. The van der Waals surface area contributed by atoms with Crippen molar-refractivity contribution in [2.75, 3.05) is 6.54 Å². The van der Waals surface area contributed by atoms with Crippen molar-refractivity contribution in [1.82, 2.24) is 9.47 Å². The standard InChI is InChI=1S/C42H28F10N2O2/c43-33-6-3-5-31(36(33)45)40(56)54-19-18-29(32-22-53(34-7-2-1-4-28(32)34)21-24-10-15-27(16-11-24)42(50,51)52)38(54)39(55)30-17-12-25(35(44)37(30)46)20-23-8-13-26(14-9-23)41(47,48)49/h1-17,22,29,38H,18-21H2. The molecular formula is C42H28F10N2O2. The fourth-order valence-electron chi connectivity index (χ4n) is 7.30. The number of rotatable bonds is 8. The van der Waals surface area contributed by atoms with Crippen LogP contribution in [0.15, 0.2) is 109 Å². The van der Waals surface area contributed by atoms with Gasteiger partial charge in [-0.2, -0.15) is 26.3 Å². The summed E-state index contributed by atoms with van der Waals surface area (Å²) < 4.78 is 141. The van der Waals surface area contributed by atoms with Crippen LogP contribution in [0.5, 0.6) is 0 Å². The Kier molecular flexibility index (Phi) is 10.0. The van der Waals surface area contributed by atoms with Gasteiger partial charge in [-0.3, -0.25) is 9.59 Å². The number of nitrogens with zero attached hydrogens (tertiary/aromatic N) is 2. The minimum atomic E-state index is -4.60. The molecule has 288 valence electrons. The molecule has 0 bridgehead atoms. The maximum atomic E-state index is 16.0. The van der Waals surface area contributed by atoms with E-state index >= 15 is 8.78 Å². The monoisotopic (exact) mass is 782 g/mol. The van der Waals surface area contributed by atoms with Crippen molar-refractivity contribution in [1.29, 1.82) is 0 Å². The van der Waals surface area contributed by atoms with Crippen LogP contribution in [0.3, 0.4) is 0 Å². The molecule has 1 aromatic heterocycles. The smallest absolute Gasteiger partial charge is 0.343 e. The normalized spacial score (nSPS) is 16.1. The van der Waals surface area contributed by atoms with Gasteiger partial charge in [0.05, 0.1) is 22.3 Å². The topological polar surface area (TPSA) is 42.3 Å². The third kappa shape index (κ3) is 7.27. The van der Waals surface area contributed by atoms with Gasteiger partial charge in [-0.25, -0.2) is 17.6 Å². The molecule has 1 saturated heterocycles. The number of halogens is 10. The van der Waals surface area contributed by atoms with Crippen LogP contribution in [0, 0.1) is 23.3 Å². The average molecular weight is 783 g/mol. The number of Topliss-reactive ketones (excluding diaryl/α,β-unsaturated/α-hetero) is 1. The lowest BCUT2D eigenvalue weighted by Gasteiger charge is -2.28. The second-order valence-corrected chi connectivity index (χ2v) is 13.5. The van der Waals surface area contributed by atoms with E-state index in [9.17, 15) is 44.7 Å². The highest BCUT2D eigenvalue weighted by Crippen LogP contribution is 2.41. The van der Waals surface area contributed by atoms with Gasteiger partial charge in [0.2, 0.25) is 0 Å². The largest absolute Gasteiger partial charge is 0.416 e. The van der Waals surface area contributed by atoms with Crippen LogP contribution in [0.1, 0.15) is 66.4 Å². The fraction of sp³-hybridized carbons (Fsp3) is 0.190. The number of carbonyl (C=O) groups is 2. The summed E-state index contributed by atoms with van der Waals surface area (Å²) in [6.07, 6.45) is -7.73. The van der Waals surface area contributed by atoms with E-state index < -0.39 is 81.5 Å². The van der Waals surface area contributed by atoms with Gasteiger partial charge in [0, 0.05) is 42.5 Å². The van der Waals surface area contributed by atoms with Crippen molar-refractivity contribution in [2.24, 2.45) is 0 Å². The summed E-state index contributed by atoms with van der Waals surface area (Å²) >= 11 is 0. The van der Waals surface area contributed by atoms with Crippen molar-refractivity contribution in [2.45, 2.75) is 43.7 Å². The van der Waals surface area contributed by atoms with Crippen molar-refractivity contribution in [3.05, 3.63) is 177 Å². The first-order chi connectivity index (χ1) is 26.5. The van der Waals surface area contributed by atoms with Crippen LogP contribution in [0.25, 0.3) is 10.9 Å². The van der Waals surface area contributed by atoms with Crippen LogP contribution < -0.4 is 0 Å². The molecule has 1 aliphatic heterocycles. The van der Waals surface area contributed by atoms with Gasteiger partial charge in [-0.15, -0.1) is 0 Å². The summed E-state index contributed by atoms with van der Waals surface area (Å²) in [4.78, 5) is 29.4. The molecule has 7 rings (SSSR count). The molecule has 1 aliphatic rings. The number of hydrogen-bond donors (Lipinski definition) is 0. The van der Waals surface area contributed by atoms with E-state index in [2.05, 4.69) is 0 Å². The zero-order chi connectivity index (χ0) is 40.1. The number of carbonyl (C=O) groups excluding carboxylic acids is 2. The van der Waals surface area contributed by atoms with Gasteiger partial charge in [-0.1, -0.05) is 54.6 Å². The fourth-order valence-corrected chi connectivity index (χ4v) is 7.30. The third-order valence-electron chi connectivity index (χ3n) is 10.1. The number of hydrogen-bond acceptors (Lipinski definition) is 2. The first kappa shape index (κ1) is 38.4. The van der Waals surface area contributed by atoms with Crippen molar-refractivity contribution in [3.8, 4) is 0 Å². The molecule has 4 nitrogen and oxygen atoms in total. The maximum absolute atomic E-state index is 16.0. The summed E-state index contributed by atoms with van der Waals surface area (Å²) in [6.45, 7) is -0.0776. The molecule has 0 radical (unpaired) electrons. The predicted octanol–water partition coefficient (Wildman–Crippen LogP) is 10.8. The molecule has 2 unspecified atom stereocenters. The molecule has 1 fully saturated rings. The zero-order valence-corrected chi connectivity index (χ0v) is 28.9. The van der Waals surface area contributed by atoms with Crippen LogP contribution in [-0.4, -0.2) is 33.7 Å². The highest BCUT2D eigenvalue weighted by atomic mass is 19.4. The molecule has 0 N–H and O–H groups in total. The van der Waals surface area contributed by atoms with Crippen molar-refractivity contribution in [3.63, 3.8) is 0 Å². The number of aromatic nitrogens is 1. The maximum Gasteiger partial charge on any atom is 0.416 e. The summed E-state index contributed by atoms with van der Waals surface area (Å²) in [6, 6.07) is 18.8. The lowest BCUT2D eigenvalue weighted by molar-refractivity contribution is -0.138. The van der Waals surface area contributed by atoms with Gasteiger partial charge < -0.3 is 9.47 Å². The number of para-hydroxylation sites is 1. The second-order valence-electron chi connectivity index (χ2n) is 13.5. The van der Waals surface area contributed by atoms with E-state index in [0.29, 0.717) is 22.0 Å². The van der Waals surface area contributed by atoms with Gasteiger partial charge in [-0.05, 0) is 77.2 Å². The molecule has 0 spiro atoms. The van der Waals surface area contributed by atoms with Crippen LogP contribution in [-0.2, 0) is 25.3 Å². The Morgan fingerprint density at radius 1 is 0.643 bits per heavy atom. The van der Waals surface area contributed by atoms with Gasteiger partial charge in [0.1, 0.15) is 6.04 Å². The van der Waals surface area contributed by atoms with E-state index in [1.54, 1.807) is 35.0 Å². The second kappa shape index (κ2) is 14.6. The summed E-state index contributed by atoms with van der Waals surface area (Å²) in [5.74, 6) is -8.82. The lowest BCUT2D eigenvalue weighted by atomic mass is 9.86. The van der Waals surface area contributed by atoms with Gasteiger partial charge in [0.15, 0.2) is 29.1 Å². The number of likely N-dealkylation sites (tertiary alicyclic amines) is 1. The molecule has 2 heterocycles. The quantitative estimate of drug-likeness (QED) is 0.114. The van der Waals surface area contributed by atoms with Crippen molar-refractivity contribution < 1.29 is 53.5 Å². The van der Waals surface area contributed by atoms with E-state index in [1.165, 1.54) is 12.1 Å². The summed E-state index contributed by atoms with van der Waals surface area (Å²) in [5, 5.41) is 0.590. The van der Waals surface area contributed by atoms with Crippen LogP contribution in [0.4, 0.5) is 43.9 Å². The molecule has 56 heavy (non-hydrogen) atoms. The molecular weight excluding hydrogens is 754 g/mol. The number of alkyl halides is 6. The lowest BCUT2D eigenvalue weighted by Crippen LogP contribution is -2.43. The average Bonchev–Trinajstić information content (AvgIpc) is 3.76. The molecule has 5 aromatic carbocycles. The van der Waals surface area contributed by atoms with E-state index in [1.807, 2.05) is 0 Å². The summed E-state index contributed by atoms with van der Waals surface area (Å²) in [5.41, 5.74) is -1.62. The third-order valence-corrected chi connectivity index (χ3v) is 10.1. The molecule has 0 saturated carbocycles. The number of ketones is 1. The molecule has 14 heteroatoms. The first-order valence-corrected chi connectivity index (χ1v) is 17.2. The minimum absolute atomic E-state index is 0.0729. The highest BCUT2D eigenvalue weighted by Gasteiger charge is 2.45. The van der Waals surface area contributed by atoms with Crippen LogP contribution >= 0.6 is 0 Å². The van der Waals surface area contributed by atoms with Gasteiger partial charge in [0.25, 0.3) is 5.91 Å². The molecule has 0 aliphatic carbocycles. The Labute approximate surface area is 312 Å². The summed E-state index contributed by atoms with van der Waals surface area (Å²) in [7, 11) is 0. The minimum Gasteiger partial charge on any atom is -0.343 e. The molecule has 2 atom stereocenters. The Bertz CT molecular complexity index is 2450. The number of fused-ring (bicyclic) bond motifs is 1. The zero-order valence-electron chi connectivity index (χ0n) is 28.9. The predicted molar refractivity (Wildman–Crippen MR) is 186 cm³/mol. The Balaban J connectivity index is 1.27. The van der Waals surface area contributed by atoms with E-state index in [4.69, 9.17) is 0 Å². The van der Waals surface area contributed by atoms with Crippen molar-refractivity contribution >= 4 is 22.6 Å². The van der Waals surface area contributed by atoms with E-state index in [-0.39, 0.29) is 37.1 Å². The number of amides is 1. The first-order valence-electron chi connectivity index (χ1n) is 17.2. The molecule has 1 amide bonds. The number of benzene rings is 5. The van der Waals surface area contributed by atoms with Crippen LogP contribution in [0.2, 0.25) is 0 Å².